The minimum Gasteiger partial charge on any atom is -0.494 e. The van der Waals surface area contributed by atoms with Crippen LogP contribution in [0.2, 0.25) is 0 Å². The van der Waals surface area contributed by atoms with Crippen LogP contribution in [0.1, 0.15) is 50.2 Å². The molecular weight excluding hydrogens is 556 g/mol. The van der Waals surface area contributed by atoms with E-state index in [-0.39, 0.29) is 6.61 Å². The number of rotatable bonds is 14. The van der Waals surface area contributed by atoms with E-state index >= 15 is 0 Å². The number of hydrogen-bond acceptors (Lipinski definition) is 9. The van der Waals surface area contributed by atoms with E-state index in [1.807, 2.05) is 31.3 Å². The van der Waals surface area contributed by atoms with E-state index in [2.05, 4.69) is 28.9 Å². The Balaban J connectivity index is 0.000000557. The molecule has 1 fully saturated rings. The second-order valence-electron chi connectivity index (χ2n) is 10.8. The van der Waals surface area contributed by atoms with Crippen molar-refractivity contribution in [2.24, 2.45) is 0 Å². The van der Waals surface area contributed by atoms with Gasteiger partial charge in [0.05, 0.1) is 18.8 Å². The fourth-order valence-corrected chi connectivity index (χ4v) is 4.95. The van der Waals surface area contributed by atoms with Crippen LogP contribution in [0.5, 0.6) is 17.2 Å². The number of likely N-dealkylation sites (tertiary alicyclic amines) is 1. The maximum Gasteiger partial charge on any atom is 0.328 e. The second-order valence-corrected chi connectivity index (χ2v) is 10.8. The highest BCUT2D eigenvalue weighted by Crippen LogP contribution is 2.33. The highest BCUT2D eigenvalue weighted by atomic mass is 16.7. The first kappa shape index (κ1) is 33.7. The molecule has 2 aliphatic heterocycles. The van der Waals surface area contributed by atoms with Gasteiger partial charge in [0, 0.05) is 56.6 Å². The Kier molecular flexibility index (Phi) is 13.1. The highest BCUT2D eigenvalue weighted by molar-refractivity contribution is 5.89. The van der Waals surface area contributed by atoms with E-state index in [0.29, 0.717) is 32.0 Å². The summed E-state index contributed by atoms with van der Waals surface area (Å²) < 4.78 is 16.7. The summed E-state index contributed by atoms with van der Waals surface area (Å²) in [5.41, 5.74) is 2.44. The lowest BCUT2D eigenvalue weighted by molar-refractivity contribution is -0.134. The van der Waals surface area contributed by atoms with E-state index < -0.39 is 17.5 Å². The smallest absolute Gasteiger partial charge is 0.328 e. The number of ether oxygens (including phenoxy) is 3. The Bertz CT molecular complexity index is 1210. The number of anilines is 1. The Morgan fingerprint density at radius 3 is 2.40 bits per heavy atom. The van der Waals surface area contributed by atoms with Gasteiger partial charge in [-0.2, -0.15) is 0 Å². The van der Waals surface area contributed by atoms with Gasteiger partial charge < -0.3 is 44.4 Å². The van der Waals surface area contributed by atoms with Crippen molar-refractivity contribution in [3.8, 4) is 17.2 Å². The number of aliphatic carboxylic acids is 2. The summed E-state index contributed by atoms with van der Waals surface area (Å²) >= 11 is 0. The summed E-state index contributed by atoms with van der Waals surface area (Å²) in [4.78, 5) is 23.7. The average molecular weight is 601 g/mol. The molecule has 11 nitrogen and oxygen atoms in total. The lowest BCUT2D eigenvalue weighted by Gasteiger charge is -2.39. The first-order valence-corrected chi connectivity index (χ1v) is 14.7. The van der Waals surface area contributed by atoms with Crippen LogP contribution in [0.3, 0.4) is 0 Å². The molecule has 2 aromatic rings. The van der Waals surface area contributed by atoms with E-state index in [1.54, 1.807) is 0 Å². The minimum absolute atomic E-state index is 0.0345. The van der Waals surface area contributed by atoms with Crippen LogP contribution >= 0.6 is 0 Å². The number of nitrogens with zero attached hydrogens (tertiary/aromatic N) is 2. The molecule has 0 amide bonds. The van der Waals surface area contributed by atoms with Gasteiger partial charge >= 0.3 is 11.9 Å². The molecular formula is C32H44N2O9. The third-order valence-electron chi connectivity index (χ3n) is 7.62. The van der Waals surface area contributed by atoms with Gasteiger partial charge in [-0.3, -0.25) is 0 Å². The summed E-state index contributed by atoms with van der Waals surface area (Å²) in [5, 5.41) is 36.7. The molecule has 2 aliphatic rings. The first-order chi connectivity index (χ1) is 20.6. The lowest BCUT2D eigenvalue weighted by atomic mass is 9.88. The predicted octanol–water partition coefficient (Wildman–Crippen LogP) is 3.69. The lowest BCUT2D eigenvalue weighted by Crippen LogP contribution is -2.46. The summed E-state index contributed by atoms with van der Waals surface area (Å²) in [7, 11) is 2.02. The van der Waals surface area contributed by atoms with Crippen LogP contribution in [0.25, 0.3) is 0 Å². The maximum absolute atomic E-state index is 11.2. The Hall–Kier alpha value is -3.80. The molecule has 0 aliphatic carbocycles. The summed E-state index contributed by atoms with van der Waals surface area (Å²) in [6.45, 7) is 6.61. The molecule has 0 bridgehead atoms. The number of hydrogen-bond donors (Lipinski definition) is 4. The number of unbranched alkanes of at least 4 members (excludes halogenated alkanes) is 1. The number of piperidine rings is 1. The molecule has 0 radical (unpaired) electrons. The zero-order valence-electron chi connectivity index (χ0n) is 25.0. The molecule has 4 rings (SSSR count). The molecule has 0 saturated carbocycles. The summed E-state index contributed by atoms with van der Waals surface area (Å²) in [6.07, 6.45) is 6.44. The fraction of sp³-hybridized carbons (Fsp3) is 0.500. The summed E-state index contributed by atoms with van der Waals surface area (Å²) in [6, 6.07) is 12.1. The molecule has 0 spiro atoms. The number of aliphatic hydroxyl groups excluding tert-OH is 1. The molecule has 2 aromatic carbocycles. The quantitative estimate of drug-likeness (QED) is 0.186. The van der Waals surface area contributed by atoms with Crippen molar-refractivity contribution in [1.82, 2.24) is 4.90 Å². The third-order valence-corrected chi connectivity index (χ3v) is 7.62. The normalized spacial score (nSPS) is 15.5. The highest BCUT2D eigenvalue weighted by Gasteiger charge is 2.32. The molecule has 4 N–H and O–H groups in total. The van der Waals surface area contributed by atoms with Crippen molar-refractivity contribution < 1.29 is 44.2 Å². The van der Waals surface area contributed by atoms with Crippen molar-refractivity contribution in [3.63, 3.8) is 0 Å². The third kappa shape index (κ3) is 11.1. The standard InChI is InChI=1S/C28H40N2O5.C4H4O4/c1-3-4-17-33-24-6-7-25(23(19-24)20-31)29(2)14-10-28(32)11-15-30(16-12-28)13-9-22-5-8-26-27(18-22)35-21-34-26;5-3(6)1-2-4(7)8/h5-8,18-19,31-32H,3-4,9-17,20-21H2,1-2H3;1-2H,(H,5,6)(H,7,8)/b;2-1-. The van der Waals surface area contributed by atoms with E-state index in [0.717, 1.165) is 86.8 Å². The second kappa shape index (κ2) is 16.7. The Labute approximate surface area is 252 Å². The van der Waals surface area contributed by atoms with Gasteiger partial charge in [0.2, 0.25) is 6.79 Å². The molecule has 1 saturated heterocycles. The molecule has 0 unspecified atom stereocenters. The zero-order chi connectivity index (χ0) is 31.2. The summed E-state index contributed by atoms with van der Waals surface area (Å²) in [5.74, 6) is -0.0574. The Morgan fingerprint density at radius 2 is 1.74 bits per heavy atom. The van der Waals surface area contributed by atoms with Crippen LogP contribution in [0.4, 0.5) is 5.69 Å². The minimum atomic E-state index is -1.26. The predicted molar refractivity (Wildman–Crippen MR) is 162 cm³/mol. The van der Waals surface area contributed by atoms with Crippen molar-refractivity contribution in [2.75, 3.05) is 51.5 Å². The maximum atomic E-state index is 11.2. The largest absolute Gasteiger partial charge is 0.494 e. The Morgan fingerprint density at radius 1 is 1.05 bits per heavy atom. The zero-order valence-corrected chi connectivity index (χ0v) is 25.0. The van der Waals surface area contributed by atoms with Gasteiger partial charge in [0.15, 0.2) is 11.5 Å². The molecule has 0 aromatic heterocycles. The van der Waals surface area contributed by atoms with Crippen LogP contribution < -0.4 is 19.1 Å². The average Bonchev–Trinajstić information content (AvgIpc) is 3.47. The van der Waals surface area contributed by atoms with Crippen LogP contribution in [0, 0.1) is 0 Å². The molecule has 43 heavy (non-hydrogen) atoms. The van der Waals surface area contributed by atoms with Crippen LogP contribution in [-0.4, -0.2) is 89.5 Å². The number of aliphatic hydroxyl groups is 2. The topological polar surface area (TPSA) is 149 Å². The van der Waals surface area contributed by atoms with E-state index in [1.165, 1.54) is 5.56 Å². The van der Waals surface area contributed by atoms with Gasteiger partial charge in [-0.05, 0) is 68.0 Å². The van der Waals surface area contributed by atoms with Crippen molar-refractivity contribution in [3.05, 3.63) is 59.7 Å². The number of carboxylic acid groups (broad SMARTS) is 2. The number of carbonyl (C=O) groups is 2. The van der Waals surface area contributed by atoms with Gasteiger partial charge in [-0.25, -0.2) is 9.59 Å². The SMILES string of the molecule is CCCCOc1ccc(N(C)CCC2(O)CCN(CCc3ccc4c(c3)OCO4)CC2)c(CO)c1.O=C(O)/C=C\C(=O)O. The van der Waals surface area contributed by atoms with Crippen molar-refractivity contribution in [2.45, 2.75) is 57.7 Å². The van der Waals surface area contributed by atoms with Gasteiger partial charge in [0.25, 0.3) is 0 Å². The van der Waals surface area contributed by atoms with Gasteiger partial charge in [0.1, 0.15) is 5.75 Å². The van der Waals surface area contributed by atoms with E-state index in [4.69, 9.17) is 24.4 Å². The van der Waals surface area contributed by atoms with Crippen molar-refractivity contribution in [1.29, 1.82) is 0 Å². The molecule has 11 heteroatoms. The van der Waals surface area contributed by atoms with Gasteiger partial charge in [-0.1, -0.05) is 19.4 Å². The number of carboxylic acids is 2. The monoisotopic (exact) mass is 600 g/mol. The first-order valence-electron chi connectivity index (χ1n) is 14.7. The van der Waals surface area contributed by atoms with E-state index in [9.17, 15) is 19.8 Å². The number of benzene rings is 2. The molecule has 236 valence electrons. The fourth-order valence-electron chi connectivity index (χ4n) is 4.95. The molecule has 2 heterocycles. The van der Waals surface area contributed by atoms with Crippen LogP contribution in [0.15, 0.2) is 48.6 Å². The van der Waals surface area contributed by atoms with Crippen molar-refractivity contribution >= 4 is 17.6 Å². The molecule has 0 atom stereocenters. The van der Waals surface area contributed by atoms with Crippen LogP contribution in [-0.2, 0) is 22.6 Å². The van der Waals surface area contributed by atoms with Gasteiger partial charge in [-0.15, -0.1) is 0 Å². The number of fused-ring (bicyclic) bond motifs is 1.